The number of benzene rings is 1. The molecule has 0 radical (unpaired) electrons. The zero-order valence-corrected chi connectivity index (χ0v) is 11.4. The molecule has 0 aliphatic carbocycles. The Bertz CT molecular complexity index is 653. The van der Waals surface area contributed by atoms with Crippen LogP contribution in [0.25, 0.3) is 11.1 Å². The summed E-state index contributed by atoms with van der Waals surface area (Å²) in [6, 6.07) is 2.78. The van der Waals surface area contributed by atoms with Gasteiger partial charge in [-0.3, -0.25) is 4.98 Å². The third-order valence-corrected chi connectivity index (χ3v) is 3.20. The third kappa shape index (κ3) is 2.66. The van der Waals surface area contributed by atoms with Gasteiger partial charge in [-0.1, -0.05) is 34.8 Å². The molecule has 0 amide bonds. The van der Waals surface area contributed by atoms with E-state index in [1.54, 1.807) is 0 Å². The van der Waals surface area contributed by atoms with Crippen LogP contribution in [0.15, 0.2) is 24.5 Å². The number of rotatable bonds is 2. The molecule has 0 saturated heterocycles. The van der Waals surface area contributed by atoms with E-state index in [2.05, 4.69) is 4.98 Å². The minimum Gasteiger partial charge on any atom is -0.478 e. The Balaban J connectivity index is 2.80. The summed E-state index contributed by atoms with van der Waals surface area (Å²) in [5.41, 5.74) is -0.363. The molecule has 0 atom stereocenters. The maximum Gasteiger partial charge on any atom is 0.339 e. The van der Waals surface area contributed by atoms with Gasteiger partial charge in [0.1, 0.15) is 5.56 Å². The summed E-state index contributed by atoms with van der Waals surface area (Å²) in [4.78, 5) is 14.7. The van der Waals surface area contributed by atoms with Crippen LogP contribution >= 0.6 is 34.8 Å². The van der Waals surface area contributed by atoms with Gasteiger partial charge in [0.15, 0.2) is 5.82 Å². The van der Waals surface area contributed by atoms with Gasteiger partial charge in [-0.2, -0.15) is 0 Å². The van der Waals surface area contributed by atoms with Crippen molar-refractivity contribution in [1.29, 1.82) is 0 Å². The molecule has 0 unspecified atom stereocenters. The summed E-state index contributed by atoms with van der Waals surface area (Å²) in [6.07, 6.45) is 2.00. The molecule has 19 heavy (non-hydrogen) atoms. The first-order valence-corrected chi connectivity index (χ1v) is 6.07. The van der Waals surface area contributed by atoms with E-state index in [1.807, 2.05) is 0 Å². The number of hydrogen-bond acceptors (Lipinski definition) is 2. The Morgan fingerprint density at radius 1 is 1.16 bits per heavy atom. The molecule has 0 bridgehead atoms. The van der Waals surface area contributed by atoms with E-state index in [0.717, 1.165) is 6.20 Å². The lowest BCUT2D eigenvalue weighted by Gasteiger charge is -2.10. The number of aromatic nitrogens is 1. The van der Waals surface area contributed by atoms with E-state index in [1.165, 1.54) is 18.3 Å². The molecule has 3 nitrogen and oxygen atoms in total. The number of pyridine rings is 1. The van der Waals surface area contributed by atoms with Gasteiger partial charge in [0, 0.05) is 22.3 Å². The predicted octanol–water partition coefficient (Wildman–Crippen LogP) is 4.55. The second-order valence-electron chi connectivity index (χ2n) is 3.59. The predicted molar refractivity (Wildman–Crippen MR) is 71.6 cm³/mol. The molecule has 1 aromatic heterocycles. The van der Waals surface area contributed by atoms with Crippen molar-refractivity contribution in [1.82, 2.24) is 4.98 Å². The topological polar surface area (TPSA) is 50.2 Å². The van der Waals surface area contributed by atoms with Gasteiger partial charge in [-0.05, 0) is 12.1 Å². The molecule has 1 aromatic carbocycles. The van der Waals surface area contributed by atoms with Gasteiger partial charge in [-0.15, -0.1) is 0 Å². The van der Waals surface area contributed by atoms with E-state index >= 15 is 0 Å². The Morgan fingerprint density at radius 2 is 1.74 bits per heavy atom. The van der Waals surface area contributed by atoms with Gasteiger partial charge in [-0.25, -0.2) is 9.18 Å². The molecule has 2 rings (SSSR count). The van der Waals surface area contributed by atoms with Crippen molar-refractivity contribution >= 4 is 40.8 Å². The number of aromatic carboxylic acids is 1. The number of nitrogens with zero attached hydrogens (tertiary/aromatic N) is 1. The first-order valence-electron chi connectivity index (χ1n) is 4.93. The van der Waals surface area contributed by atoms with Crippen LogP contribution < -0.4 is 0 Å². The number of carbonyl (C=O) groups is 1. The molecular formula is C12H5Cl3FNO2. The van der Waals surface area contributed by atoms with Crippen LogP contribution in [0.4, 0.5) is 4.39 Å². The number of carboxylic acids is 1. The fourth-order valence-electron chi connectivity index (χ4n) is 1.64. The zero-order chi connectivity index (χ0) is 14.2. The fourth-order valence-corrected chi connectivity index (χ4v) is 2.66. The van der Waals surface area contributed by atoms with E-state index in [4.69, 9.17) is 39.9 Å². The van der Waals surface area contributed by atoms with Gasteiger partial charge >= 0.3 is 5.97 Å². The van der Waals surface area contributed by atoms with Crippen LogP contribution in [-0.4, -0.2) is 16.1 Å². The van der Waals surface area contributed by atoms with Crippen LogP contribution in [-0.2, 0) is 0 Å². The highest BCUT2D eigenvalue weighted by molar-refractivity contribution is 6.42. The average Bonchev–Trinajstić information content (AvgIpc) is 2.26. The summed E-state index contributed by atoms with van der Waals surface area (Å²) in [6.45, 7) is 0. The SMILES string of the molecule is O=C(O)c1c(F)cncc1-c1c(Cl)cc(Cl)cc1Cl. The van der Waals surface area contributed by atoms with Gasteiger partial charge in [0.25, 0.3) is 0 Å². The average molecular weight is 321 g/mol. The lowest BCUT2D eigenvalue weighted by atomic mass is 10.0. The molecule has 0 fully saturated rings. The van der Waals surface area contributed by atoms with Crippen LogP contribution in [0.2, 0.25) is 15.1 Å². The smallest absolute Gasteiger partial charge is 0.339 e. The van der Waals surface area contributed by atoms with Crippen molar-refractivity contribution < 1.29 is 14.3 Å². The van der Waals surface area contributed by atoms with Crippen molar-refractivity contribution in [2.75, 3.05) is 0 Å². The van der Waals surface area contributed by atoms with Crippen molar-refractivity contribution in [2.45, 2.75) is 0 Å². The van der Waals surface area contributed by atoms with Gasteiger partial charge in [0.05, 0.1) is 16.2 Å². The first-order chi connectivity index (χ1) is 8.91. The van der Waals surface area contributed by atoms with Crippen LogP contribution in [0, 0.1) is 5.82 Å². The van der Waals surface area contributed by atoms with Crippen molar-refractivity contribution in [3.8, 4) is 11.1 Å². The Morgan fingerprint density at radius 3 is 2.26 bits per heavy atom. The van der Waals surface area contributed by atoms with Gasteiger partial charge < -0.3 is 5.11 Å². The summed E-state index contributed by atoms with van der Waals surface area (Å²) >= 11 is 17.7. The first kappa shape index (κ1) is 14.1. The number of halogens is 4. The largest absolute Gasteiger partial charge is 0.478 e. The zero-order valence-electron chi connectivity index (χ0n) is 9.12. The second kappa shape index (κ2) is 5.33. The van der Waals surface area contributed by atoms with Crippen LogP contribution in [0.5, 0.6) is 0 Å². The second-order valence-corrected chi connectivity index (χ2v) is 4.84. The molecule has 2 aromatic rings. The van der Waals surface area contributed by atoms with Crippen molar-refractivity contribution in [3.63, 3.8) is 0 Å². The number of carboxylic acid groups (broad SMARTS) is 1. The van der Waals surface area contributed by atoms with E-state index < -0.39 is 17.3 Å². The summed E-state index contributed by atoms with van der Waals surface area (Å²) in [7, 11) is 0. The normalized spacial score (nSPS) is 10.5. The molecule has 0 spiro atoms. The highest BCUT2D eigenvalue weighted by atomic mass is 35.5. The van der Waals surface area contributed by atoms with E-state index in [9.17, 15) is 9.18 Å². The molecule has 7 heteroatoms. The van der Waals surface area contributed by atoms with Crippen molar-refractivity contribution in [2.24, 2.45) is 0 Å². The lowest BCUT2D eigenvalue weighted by Crippen LogP contribution is -2.04. The maximum atomic E-state index is 13.6. The van der Waals surface area contributed by atoms with E-state index in [-0.39, 0.29) is 21.2 Å². The quantitative estimate of drug-likeness (QED) is 0.883. The van der Waals surface area contributed by atoms with Crippen LogP contribution in [0.3, 0.4) is 0 Å². The Kier molecular flexibility index (Phi) is 3.94. The molecule has 98 valence electrons. The molecule has 1 N–H and O–H groups in total. The fraction of sp³-hybridized carbons (Fsp3) is 0. The van der Waals surface area contributed by atoms with Gasteiger partial charge in [0.2, 0.25) is 0 Å². The van der Waals surface area contributed by atoms with E-state index in [0.29, 0.717) is 5.02 Å². The van der Waals surface area contributed by atoms with Crippen LogP contribution in [0.1, 0.15) is 10.4 Å². The minimum atomic E-state index is -1.43. The minimum absolute atomic E-state index is 0.000772. The highest BCUT2D eigenvalue weighted by Gasteiger charge is 2.21. The summed E-state index contributed by atoms with van der Waals surface area (Å²) in [5.74, 6) is -2.40. The standard InChI is InChI=1S/C12H5Cl3FNO2/c13-5-1-7(14)10(8(15)2-5)6-3-17-4-9(16)11(6)12(18)19/h1-4H,(H,18,19). The highest BCUT2D eigenvalue weighted by Crippen LogP contribution is 2.38. The molecule has 1 heterocycles. The van der Waals surface area contributed by atoms with Crippen molar-refractivity contribution in [3.05, 3.63) is 51.0 Å². The number of hydrogen-bond donors (Lipinski definition) is 1. The summed E-state index contributed by atoms with van der Waals surface area (Å²) < 4.78 is 13.6. The lowest BCUT2D eigenvalue weighted by molar-refractivity contribution is 0.0692. The maximum absolute atomic E-state index is 13.6. The molecule has 0 aliphatic heterocycles. The Hall–Kier alpha value is -1.36. The molecule has 0 aliphatic rings. The summed E-state index contributed by atoms with van der Waals surface area (Å²) in [5, 5.41) is 9.59. The molecule has 0 saturated carbocycles. The Labute approximate surface area is 122 Å². The third-order valence-electron chi connectivity index (χ3n) is 2.39. The monoisotopic (exact) mass is 319 g/mol. The molecular weight excluding hydrogens is 315 g/mol.